The second-order valence-corrected chi connectivity index (χ2v) is 20.0. The summed E-state index contributed by atoms with van der Waals surface area (Å²) >= 11 is 0. The number of nitrogens with zero attached hydrogens (tertiary/aromatic N) is 1. The first-order chi connectivity index (χ1) is 33.1. The van der Waals surface area contributed by atoms with Crippen molar-refractivity contribution in [1.82, 2.24) is 0 Å². The maximum Gasteiger partial charge on any atom is 0.143 e. The van der Waals surface area contributed by atoms with Crippen LogP contribution in [-0.4, -0.2) is 0 Å². The van der Waals surface area contributed by atoms with E-state index in [4.69, 9.17) is 4.42 Å². The molecule has 0 N–H and O–H groups in total. The molecule has 0 aliphatic heterocycles. The van der Waals surface area contributed by atoms with Crippen LogP contribution in [0.2, 0.25) is 0 Å². The van der Waals surface area contributed by atoms with E-state index in [2.05, 4.69) is 231 Å². The molecule has 9 aromatic carbocycles. The van der Waals surface area contributed by atoms with Crippen LogP contribution in [0.4, 0.5) is 17.1 Å². The van der Waals surface area contributed by atoms with Crippen LogP contribution in [-0.2, 0) is 10.8 Å². The van der Waals surface area contributed by atoms with Crippen molar-refractivity contribution >= 4 is 49.8 Å². The van der Waals surface area contributed by atoms with Gasteiger partial charge in [0.1, 0.15) is 11.2 Å². The van der Waals surface area contributed by atoms with E-state index < -0.39 is 5.41 Å². The fourth-order valence-electron chi connectivity index (χ4n) is 14.0. The third-order valence-corrected chi connectivity index (χ3v) is 16.6. The standard InChI is InChI=1S/C65H55NO/c1-3-44-39-50-38-43(2)37-47(44)42-64(50)57-31-13-14-32-59(57)65(48-22-6-4-7-23-48,49-24-8-5-9-25-49)60-41-52(35-36-58(60)64)66(61-33-17-20-45-19-10-11-27-53(45)61)51-26-16-21-46(40-51)54-29-18-30-56-55-28-12-15-34-62(55)67-63(54)56/h4-36,40-41,43-44,47,50H,3,37-39,42H2,1-2H3/t43-,44-,47?,50-,64?/m1/s1. The third-order valence-electron chi connectivity index (χ3n) is 16.6. The molecule has 326 valence electrons. The van der Waals surface area contributed by atoms with Crippen LogP contribution >= 0.6 is 0 Å². The molecule has 0 saturated heterocycles. The predicted octanol–water partition coefficient (Wildman–Crippen LogP) is 17.3. The molecule has 2 unspecified atom stereocenters. The number of furan rings is 1. The minimum Gasteiger partial charge on any atom is -0.455 e. The molecule has 1 aromatic heterocycles. The monoisotopic (exact) mass is 865 g/mol. The first-order valence-electron chi connectivity index (χ1n) is 24.7. The van der Waals surface area contributed by atoms with Crippen LogP contribution in [0.15, 0.2) is 217 Å². The number of para-hydroxylation sites is 2. The molecule has 67 heavy (non-hydrogen) atoms. The van der Waals surface area contributed by atoms with E-state index in [9.17, 15) is 0 Å². The lowest BCUT2D eigenvalue weighted by atomic mass is 9.46. The molecule has 3 fully saturated rings. The van der Waals surface area contributed by atoms with Gasteiger partial charge in [-0.3, -0.25) is 0 Å². The van der Waals surface area contributed by atoms with Crippen molar-refractivity contribution in [2.24, 2.45) is 23.7 Å². The Hall–Kier alpha value is -7.16. The number of hydrogen-bond donors (Lipinski definition) is 0. The predicted molar refractivity (Wildman–Crippen MR) is 279 cm³/mol. The van der Waals surface area contributed by atoms with E-state index in [0.29, 0.717) is 17.8 Å². The second-order valence-electron chi connectivity index (χ2n) is 20.0. The van der Waals surface area contributed by atoms with Crippen LogP contribution in [0.25, 0.3) is 43.8 Å². The lowest BCUT2D eigenvalue weighted by molar-refractivity contribution is 0.118. The Kier molecular flexibility index (Phi) is 9.43. The highest BCUT2D eigenvalue weighted by Crippen LogP contribution is 2.66. The van der Waals surface area contributed by atoms with Crippen LogP contribution in [0.5, 0.6) is 0 Å². The molecule has 14 rings (SSSR count). The molecule has 10 aromatic rings. The Morgan fingerprint density at radius 2 is 1.16 bits per heavy atom. The van der Waals surface area contributed by atoms with Crippen molar-refractivity contribution in [3.05, 3.63) is 246 Å². The Labute approximate surface area is 394 Å². The molecule has 4 aliphatic rings. The Bertz CT molecular complexity index is 3430. The van der Waals surface area contributed by atoms with Crippen LogP contribution in [0, 0.1) is 23.7 Å². The lowest BCUT2D eigenvalue weighted by Gasteiger charge is -2.56. The second kappa shape index (κ2) is 15.7. The summed E-state index contributed by atoms with van der Waals surface area (Å²) in [5, 5.41) is 4.71. The van der Waals surface area contributed by atoms with Gasteiger partial charge in [-0.25, -0.2) is 0 Å². The summed E-state index contributed by atoms with van der Waals surface area (Å²) in [6, 6.07) is 79.9. The normalized spacial score (nSPS) is 21.6. The van der Waals surface area contributed by atoms with E-state index in [1.807, 2.05) is 0 Å². The molecular formula is C65H55NO. The molecule has 0 amide bonds. The highest BCUT2D eigenvalue weighted by Gasteiger charge is 2.59. The van der Waals surface area contributed by atoms with Gasteiger partial charge in [0.05, 0.1) is 11.1 Å². The maximum atomic E-state index is 6.65. The van der Waals surface area contributed by atoms with Crippen molar-refractivity contribution in [3.8, 4) is 11.1 Å². The summed E-state index contributed by atoms with van der Waals surface area (Å²) in [5.41, 5.74) is 15.3. The van der Waals surface area contributed by atoms with Gasteiger partial charge < -0.3 is 9.32 Å². The third kappa shape index (κ3) is 6.01. The first-order valence-corrected chi connectivity index (χ1v) is 24.7. The number of fused-ring (bicyclic) bond motifs is 9. The van der Waals surface area contributed by atoms with Gasteiger partial charge in [0.25, 0.3) is 0 Å². The molecule has 0 radical (unpaired) electrons. The van der Waals surface area contributed by atoms with E-state index in [-0.39, 0.29) is 5.41 Å². The first kappa shape index (κ1) is 40.1. The minimum atomic E-state index is -0.569. The fourth-order valence-corrected chi connectivity index (χ4v) is 14.0. The van der Waals surface area contributed by atoms with Gasteiger partial charge in [-0.05, 0) is 130 Å². The van der Waals surface area contributed by atoms with Gasteiger partial charge in [-0.2, -0.15) is 0 Å². The van der Waals surface area contributed by atoms with Crippen LogP contribution in [0.3, 0.4) is 0 Å². The number of benzene rings is 9. The van der Waals surface area contributed by atoms with Gasteiger partial charge in [0, 0.05) is 38.5 Å². The molecule has 2 nitrogen and oxygen atoms in total. The zero-order valence-corrected chi connectivity index (χ0v) is 38.4. The molecular weight excluding hydrogens is 811 g/mol. The van der Waals surface area contributed by atoms with Crippen LogP contribution in [0.1, 0.15) is 79.3 Å². The van der Waals surface area contributed by atoms with Gasteiger partial charge in [0.2, 0.25) is 0 Å². The summed E-state index contributed by atoms with van der Waals surface area (Å²) in [4.78, 5) is 2.53. The molecule has 1 spiro atoms. The fraction of sp³-hybridized carbons (Fsp3) is 0.200. The average Bonchev–Trinajstić information content (AvgIpc) is 3.61. The van der Waals surface area contributed by atoms with Crippen molar-refractivity contribution in [1.29, 1.82) is 0 Å². The summed E-state index contributed by atoms with van der Waals surface area (Å²) in [6.45, 7) is 4.99. The van der Waals surface area contributed by atoms with E-state index in [1.54, 1.807) is 5.56 Å². The minimum absolute atomic E-state index is 0.103. The number of anilines is 3. The molecule has 1 heterocycles. The Morgan fingerprint density at radius 1 is 0.522 bits per heavy atom. The highest BCUT2D eigenvalue weighted by molar-refractivity contribution is 6.10. The zero-order chi connectivity index (χ0) is 44.7. The largest absolute Gasteiger partial charge is 0.455 e. The zero-order valence-electron chi connectivity index (χ0n) is 38.4. The summed E-state index contributed by atoms with van der Waals surface area (Å²) in [5.74, 6) is 2.71. The quantitative estimate of drug-likeness (QED) is 0.159. The van der Waals surface area contributed by atoms with Crippen molar-refractivity contribution in [3.63, 3.8) is 0 Å². The Morgan fingerprint density at radius 3 is 1.97 bits per heavy atom. The van der Waals surface area contributed by atoms with Gasteiger partial charge in [-0.1, -0.05) is 196 Å². The smallest absolute Gasteiger partial charge is 0.143 e. The SMILES string of the molecule is CC[C@@H]1C[C@H]2C[C@H](C)CC1CC21c2ccccc2C(c2ccccc2)(c2ccccc2)c2cc(N(c3cccc(-c4cccc5c4oc4ccccc45)c3)c3cccc4ccccc34)ccc21. The molecule has 2 heteroatoms. The molecule has 3 saturated carbocycles. The van der Waals surface area contributed by atoms with Crippen LogP contribution < -0.4 is 4.90 Å². The van der Waals surface area contributed by atoms with Gasteiger partial charge in [-0.15, -0.1) is 0 Å². The number of hydrogen-bond acceptors (Lipinski definition) is 2. The van der Waals surface area contributed by atoms with Gasteiger partial charge in [0.15, 0.2) is 0 Å². The molecule has 5 atom stereocenters. The lowest BCUT2D eigenvalue weighted by Crippen LogP contribution is -2.51. The topological polar surface area (TPSA) is 16.4 Å². The molecule has 4 aliphatic carbocycles. The number of rotatable bonds is 7. The maximum absolute atomic E-state index is 6.65. The van der Waals surface area contributed by atoms with E-state index in [1.165, 1.54) is 70.7 Å². The van der Waals surface area contributed by atoms with E-state index >= 15 is 0 Å². The van der Waals surface area contributed by atoms with E-state index in [0.717, 1.165) is 56.0 Å². The average molecular weight is 866 g/mol. The molecule has 2 bridgehead atoms. The Balaban J connectivity index is 1.11. The van der Waals surface area contributed by atoms with Crippen molar-refractivity contribution in [2.75, 3.05) is 4.90 Å². The van der Waals surface area contributed by atoms with Gasteiger partial charge >= 0.3 is 0 Å². The highest BCUT2D eigenvalue weighted by atomic mass is 16.3. The summed E-state index contributed by atoms with van der Waals surface area (Å²) in [7, 11) is 0. The summed E-state index contributed by atoms with van der Waals surface area (Å²) in [6.07, 6.45) is 6.34. The van der Waals surface area contributed by atoms with Crippen molar-refractivity contribution < 1.29 is 4.42 Å². The summed E-state index contributed by atoms with van der Waals surface area (Å²) < 4.78 is 6.65. The van der Waals surface area contributed by atoms with Crippen molar-refractivity contribution in [2.45, 2.75) is 56.8 Å².